The van der Waals surface area contributed by atoms with E-state index >= 15 is 0 Å². The van der Waals surface area contributed by atoms with Crippen LogP contribution in [-0.4, -0.2) is 56.3 Å². The van der Waals surface area contributed by atoms with Gasteiger partial charge < -0.3 is 25.0 Å². The van der Waals surface area contributed by atoms with Crippen LogP contribution in [0.1, 0.15) is 5.69 Å². The molecule has 3 heterocycles. The van der Waals surface area contributed by atoms with E-state index in [0.717, 1.165) is 16.8 Å². The first-order valence-corrected chi connectivity index (χ1v) is 9.50. The van der Waals surface area contributed by atoms with Crippen LogP contribution in [0.3, 0.4) is 0 Å². The summed E-state index contributed by atoms with van der Waals surface area (Å²) in [5, 5.41) is 17.3. The molecule has 0 bridgehead atoms. The molecule has 1 aliphatic rings. The highest BCUT2D eigenvalue weighted by Crippen LogP contribution is 2.46. The molecule has 3 aromatic rings. The van der Waals surface area contributed by atoms with Crippen molar-refractivity contribution in [1.82, 2.24) is 19.7 Å². The average Bonchev–Trinajstić information content (AvgIpc) is 3.34. The molecule has 0 spiro atoms. The third kappa shape index (κ3) is 3.31. The number of aromatic amines is 1. The number of rotatable bonds is 5. The smallest absolute Gasteiger partial charge is 0.255 e. The lowest BCUT2D eigenvalue weighted by molar-refractivity contribution is -0.135. The van der Waals surface area contributed by atoms with Gasteiger partial charge in [0.1, 0.15) is 12.4 Å². The minimum atomic E-state index is -0.627. The number of hydrogen-bond donors (Lipinski definition) is 3. The SMILES string of the molecule is NC(=O)COc1cc(Cl)c(Cl)c2c1c(-c1cn[nH]c1)c1n2CCN(C(=O)CO)C1. The number of halogens is 2. The number of aliphatic hydroxyl groups is 1. The summed E-state index contributed by atoms with van der Waals surface area (Å²) in [5.74, 6) is -0.641. The second kappa shape index (κ2) is 7.58. The largest absolute Gasteiger partial charge is 0.483 e. The Bertz CT molecular complexity index is 1110. The standard InChI is InChI=1S/C18H17Cl2N5O4/c19-10-3-12(29-8-13(21)27)16-15(9-4-22-23-5-9)11-6-24(14(28)7-26)1-2-25(11)18(16)17(10)20/h3-5,26H,1-2,6-8H2,(H2,21,27)(H,22,23). The van der Waals surface area contributed by atoms with Gasteiger partial charge in [0.25, 0.3) is 5.91 Å². The fourth-order valence-corrected chi connectivity index (χ4v) is 4.10. The highest BCUT2D eigenvalue weighted by molar-refractivity contribution is 6.45. The number of nitrogens with one attached hydrogen (secondary N) is 1. The summed E-state index contributed by atoms with van der Waals surface area (Å²) in [6, 6.07) is 1.54. The summed E-state index contributed by atoms with van der Waals surface area (Å²) >= 11 is 12.9. The molecule has 0 unspecified atom stereocenters. The molecule has 152 valence electrons. The topological polar surface area (TPSA) is 126 Å². The Balaban J connectivity index is 2.01. The highest BCUT2D eigenvalue weighted by Gasteiger charge is 2.30. The van der Waals surface area contributed by atoms with Crippen molar-refractivity contribution in [1.29, 1.82) is 0 Å². The number of ether oxygens (including phenoxy) is 1. The van der Waals surface area contributed by atoms with Gasteiger partial charge in [0, 0.05) is 42.2 Å². The Kier molecular flexibility index (Phi) is 5.12. The number of nitrogens with zero attached hydrogens (tertiary/aromatic N) is 3. The molecule has 1 aromatic carbocycles. The van der Waals surface area contributed by atoms with Gasteiger partial charge in [-0.15, -0.1) is 0 Å². The number of amides is 2. The molecule has 0 saturated heterocycles. The van der Waals surface area contributed by atoms with Crippen LogP contribution >= 0.6 is 23.2 Å². The van der Waals surface area contributed by atoms with Gasteiger partial charge in [-0.05, 0) is 0 Å². The summed E-state index contributed by atoms with van der Waals surface area (Å²) < 4.78 is 7.62. The zero-order valence-corrected chi connectivity index (χ0v) is 16.6. The Labute approximate surface area is 174 Å². The van der Waals surface area contributed by atoms with Gasteiger partial charge >= 0.3 is 0 Å². The molecule has 1 aliphatic heterocycles. The van der Waals surface area contributed by atoms with Crippen molar-refractivity contribution in [2.75, 3.05) is 19.8 Å². The van der Waals surface area contributed by atoms with Crippen molar-refractivity contribution in [2.45, 2.75) is 13.1 Å². The number of fused-ring (bicyclic) bond motifs is 3. The van der Waals surface area contributed by atoms with E-state index in [1.165, 1.54) is 0 Å². The number of aliphatic hydroxyl groups excluding tert-OH is 1. The van der Waals surface area contributed by atoms with Crippen LogP contribution < -0.4 is 10.5 Å². The lowest BCUT2D eigenvalue weighted by Crippen LogP contribution is -2.39. The molecular weight excluding hydrogens is 421 g/mol. The molecular formula is C18H17Cl2N5O4. The van der Waals surface area contributed by atoms with Crippen molar-refractivity contribution in [3.05, 3.63) is 34.2 Å². The summed E-state index contributed by atoms with van der Waals surface area (Å²) in [6.45, 7) is 0.220. The van der Waals surface area contributed by atoms with E-state index in [9.17, 15) is 14.7 Å². The fourth-order valence-electron chi connectivity index (χ4n) is 3.67. The van der Waals surface area contributed by atoms with Crippen LogP contribution in [0.5, 0.6) is 5.75 Å². The van der Waals surface area contributed by atoms with E-state index in [2.05, 4.69) is 10.2 Å². The third-order valence-electron chi connectivity index (χ3n) is 4.87. The minimum absolute atomic E-state index is 0.262. The summed E-state index contributed by atoms with van der Waals surface area (Å²) in [5.41, 5.74) is 8.18. The molecule has 0 atom stereocenters. The number of benzene rings is 1. The zero-order chi connectivity index (χ0) is 20.7. The zero-order valence-electron chi connectivity index (χ0n) is 15.1. The molecule has 4 N–H and O–H groups in total. The molecule has 29 heavy (non-hydrogen) atoms. The van der Waals surface area contributed by atoms with Crippen molar-refractivity contribution in [3.8, 4) is 16.9 Å². The Morgan fingerprint density at radius 1 is 1.34 bits per heavy atom. The van der Waals surface area contributed by atoms with Crippen LogP contribution in [0.2, 0.25) is 10.0 Å². The number of carbonyl (C=O) groups excluding carboxylic acids is 2. The molecule has 2 amide bonds. The summed E-state index contributed by atoms with van der Waals surface area (Å²) in [6.07, 6.45) is 3.35. The molecule has 0 fully saturated rings. The first-order chi connectivity index (χ1) is 13.9. The van der Waals surface area contributed by atoms with Crippen LogP contribution in [0.25, 0.3) is 22.0 Å². The molecule has 4 rings (SSSR count). The van der Waals surface area contributed by atoms with Gasteiger partial charge in [-0.3, -0.25) is 14.7 Å². The van der Waals surface area contributed by atoms with Gasteiger partial charge in [-0.2, -0.15) is 5.10 Å². The quantitative estimate of drug-likeness (QED) is 0.557. The maximum absolute atomic E-state index is 12.1. The normalized spacial score (nSPS) is 13.6. The van der Waals surface area contributed by atoms with Crippen molar-refractivity contribution in [2.24, 2.45) is 5.73 Å². The number of H-pyrrole nitrogens is 1. The first-order valence-electron chi connectivity index (χ1n) is 8.74. The van der Waals surface area contributed by atoms with Crippen molar-refractivity contribution >= 4 is 45.9 Å². The second-order valence-electron chi connectivity index (χ2n) is 6.58. The summed E-state index contributed by atoms with van der Waals surface area (Å²) in [7, 11) is 0. The van der Waals surface area contributed by atoms with Crippen LogP contribution in [0, 0.1) is 0 Å². The van der Waals surface area contributed by atoms with Gasteiger partial charge in [0.15, 0.2) is 6.61 Å². The van der Waals surface area contributed by atoms with E-state index in [1.807, 2.05) is 4.57 Å². The lowest BCUT2D eigenvalue weighted by atomic mass is 10.0. The van der Waals surface area contributed by atoms with E-state index in [1.54, 1.807) is 23.4 Å². The molecule has 9 nitrogen and oxygen atoms in total. The number of hydrogen-bond acceptors (Lipinski definition) is 5. The van der Waals surface area contributed by atoms with Crippen molar-refractivity contribution < 1.29 is 19.4 Å². The lowest BCUT2D eigenvalue weighted by Gasteiger charge is -2.29. The van der Waals surface area contributed by atoms with E-state index in [-0.39, 0.29) is 24.1 Å². The fraction of sp³-hybridized carbons (Fsp3) is 0.278. The maximum Gasteiger partial charge on any atom is 0.255 e. The summed E-state index contributed by atoms with van der Waals surface area (Å²) in [4.78, 5) is 24.9. The van der Waals surface area contributed by atoms with Gasteiger partial charge in [0.2, 0.25) is 5.91 Å². The van der Waals surface area contributed by atoms with Gasteiger partial charge in [0.05, 0.1) is 33.7 Å². The first kappa shape index (κ1) is 19.6. The molecule has 0 saturated carbocycles. The van der Waals surface area contributed by atoms with E-state index in [4.69, 9.17) is 33.7 Å². The molecule has 11 heteroatoms. The molecule has 0 radical (unpaired) electrons. The Hall–Kier alpha value is -2.75. The van der Waals surface area contributed by atoms with Crippen LogP contribution in [0.15, 0.2) is 18.5 Å². The van der Waals surface area contributed by atoms with Crippen LogP contribution in [-0.2, 0) is 22.7 Å². The van der Waals surface area contributed by atoms with Gasteiger partial charge in [-0.1, -0.05) is 23.2 Å². The predicted molar refractivity (Wildman–Crippen MR) is 107 cm³/mol. The maximum atomic E-state index is 12.1. The van der Waals surface area contributed by atoms with E-state index < -0.39 is 12.5 Å². The number of aromatic nitrogens is 3. The monoisotopic (exact) mass is 437 g/mol. The second-order valence-corrected chi connectivity index (χ2v) is 7.37. The number of primary amides is 1. The third-order valence-corrected chi connectivity index (χ3v) is 5.65. The Morgan fingerprint density at radius 2 is 2.14 bits per heavy atom. The highest BCUT2D eigenvalue weighted by atomic mass is 35.5. The van der Waals surface area contributed by atoms with E-state index in [0.29, 0.717) is 34.8 Å². The average molecular weight is 438 g/mol. The minimum Gasteiger partial charge on any atom is -0.483 e. The number of carbonyl (C=O) groups is 2. The predicted octanol–water partition coefficient (Wildman–Crippen LogP) is 1.54. The number of nitrogens with two attached hydrogens (primary N) is 1. The Morgan fingerprint density at radius 3 is 2.79 bits per heavy atom. The van der Waals surface area contributed by atoms with Crippen LogP contribution in [0.4, 0.5) is 0 Å². The molecule has 2 aromatic heterocycles. The van der Waals surface area contributed by atoms with Gasteiger partial charge in [-0.25, -0.2) is 0 Å². The molecule has 0 aliphatic carbocycles. The van der Waals surface area contributed by atoms with Crippen molar-refractivity contribution in [3.63, 3.8) is 0 Å².